The van der Waals surface area contributed by atoms with Crippen LogP contribution in [0.25, 0.3) is 38.1 Å². The molecular formula is C21H20GeN2. The number of aryl methyl sites for hydroxylation is 1. The van der Waals surface area contributed by atoms with Gasteiger partial charge in [-0.05, 0) is 0 Å². The third-order valence-corrected chi connectivity index (χ3v) is 9.36. The fourth-order valence-corrected chi connectivity index (χ4v) is 6.25. The maximum absolute atomic E-state index is 8.48. The van der Waals surface area contributed by atoms with Crippen LogP contribution in [-0.4, -0.2) is 22.7 Å². The van der Waals surface area contributed by atoms with Gasteiger partial charge in [0.05, 0.1) is 0 Å². The van der Waals surface area contributed by atoms with E-state index in [1.165, 1.54) is 31.6 Å². The van der Waals surface area contributed by atoms with Crippen LogP contribution in [0.3, 0.4) is 0 Å². The van der Waals surface area contributed by atoms with Crippen LogP contribution >= 0.6 is 0 Å². The topological polar surface area (TPSA) is 17.3 Å². The van der Waals surface area contributed by atoms with Gasteiger partial charge in [-0.2, -0.15) is 0 Å². The zero-order valence-electron chi connectivity index (χ0n) is 16.4. The summed E-state index contributed by atoms with van der Waals surface area (Å²) in [5, 5.41) is 5.48. The van der Waals surface area contributed by atoms with E-state index < -0.39 is 13.3 Å². The predicted octanol–water partition coefficient (Wildman–Crippen LogP) is 5.09. The normalized spacial score (nSPS) is 14.2. The maximum atomic E-state index is 8.48. The molecule has 3 heterocycles. The van der Waals surface area contributed by atoms with Crippen LogP contribution in [0.4, 0.5) is 0 Å². The summed E-state index contributed by atoms with van der Waals surface area (Å²) < 4.78 is 20.2. The number of rotatable bonds is 1. The molecule has 2 aromatic carbocycles. The molecule has 0 saturated carbocycles. The van der Waals surface area contributed by atoms with Crippen LogP contribution in [0.1, 0.15) is 8.30 Å². The van der Waals surface area contributed by atoms with E-state index in [0.717, 1.165) is 16.4 Å². The fraction of sp³-hybridized carbons (Fsp3) is 0.190. The van der Waals surface area contributed by atoms with Gasteiger partial charge in [0.15, 0.2) is 0 Å². The minimum atomic E-state index is -2.11. The molecule has 3 heteroatoms. The van der Waals surface area contributed by atoms with Gasteiger partial charge in [-0.3, -0.25) is 0 Å². The van der Waals surface area contributed by atoms with Crippen LogP contribution < -0.4 is 4.40 Å². The molecule has 0 aliphatic heterocycles. The number of benzene rings is 2. The number of hydrogen-bond donors (Lipinski definition) is 0. The van der Waals surface area contributed by atoms with Crippen molar-refractivity contribution in [3.63, 3.8) is 0 Å². The van der Waals surface area contributed by atoms with Gasteiger partial charge in [0, 0.05) is 0 Å². The Morgan fingerprint density at radius 3 is 2.67 bits per heavy atom. The number of aromatic nitrogens is 2. The third kappa shape index (κ3) is 1.75. The minimum absolute atomic E-state index is 0.0518. The van der Waals surface area contributed by atoms with E-state index in [4.69, 9.17) is 2.74 Å². The Kier molecular flexibility index (Phi) is 2.32. The third-order valence-electron chi connectivity index (χ3n) is 5.12. The van der Waals surface area contributed by atoms with Gasteiger partial charge in [0.2, 0.25) is 0 Å². The van der Waals surface area contributed by atoms with Crippen LogP contribution in [0.2, 0.25) is 17.3 Å². The van der Waals surface area contributed by atoms with Crippen molar-refractivity contribution in [3.05, 3.63) is 54.3 Å². The second-order valence-electron chi connectivity index (χ2n) is 7.75. The zero-order chi connectivity index (χ0) is 18.4. The van der Waals surface area contributed by atoms with Gasteiger partial charge >= 0.3 is 146 Å². The first-order chi connectivity index (χ1) is 12.3. The van der Waals surface area contributed by atoms with Crippen molar-refractivity contribution in [2.24, 2.45) is 0 Å². The Labute approximate surface area is 146 Å². The van der Waals surface area contributed by atoms with Crippen LogP contribution in [0, 0.1) is 6.92 Å². The van der Waals surface area contributed by atoms with Crippen molar-refractivity contribution < 1.29 is 2.74 Å². The molecule has 2 nitrogen and oxygen atoms in total. The van der Waals surface area contributed by atoms with E-state index in [-0.39, 0.29) is 12.2 Å². The molecule has 24 heavy (non-hydrogen) atoms. The van der Waals surface area contributed by atoms with Gasteiger partial charge in [0.1, 0.15) is 0 Å². The van der Waals surface area contributed by atoms with E-state index in [0.29, 0.717) is 0 Å². The summed E-state index contributed by atoms with van der Waals surface area (Å²) >= 11 is -2.11. The van der Waals surface area contributed by atoms with Gasteiger partial charge < -0.3 is 0 Å². The average molecular weight is 375 g/mol. The molecule has 0 N–H and O–H groups in total. The first-order valence-corrected chi connectivity index (χ1v) is 15.7. The Bertz CT molecular complexity index is 1350. The van der Waals surface area contributed by atoms with Crippen molar-refractivity contribution in [2.45, 2.75) is 24.2 Å². The summed E-state index contributed by atoms with van der Waals surface area (Å²) in [6.45, 7) is 2.12. The molecule has 5 aromatic rings. The van der Waals surface area contributed by atoms with Gasteiger partial charge in [-0.25, -0.2) is 0 Å². The van der Waals surface area contributed by atoms with E-state index in [2.05, 4.69) is 70.1 Å². The monoisotopic (exact) mass is 376 g/mol. The Morgan fingerprint density at radius 1 is 1.08 bits per heavy atom. The molecule has 0 saturated heterocycles. The van der Waals surface area contributed by atoms with Crippen molar-refractivity contribution in [3.8, 4) is 0 Å². The van der Waals surface area contributed by atoms with Crippen LogP contribution in [-0.2, 0) is 0 Å². The van der Waals surface area contributed by atoms with E-state index in [1.54, 1.807) is 0 Å². The number of fused-ring (bicyclic) bond motifs is 2. The van der Waals surface area contributed by atoms with Gasteiger partial charge in [0.25, 0.3) is 0 Å². The summed E-state index contributed by atoms with van der Waals surface area (Å²) in [4.78, 5) is 4.52. The SMILES string of the molecule is [2H]c1nc2c3c(c[c]([Ge]([CH3])([CH3])[CH3])cc3c3cccc4c(C)cn2c43)c1[2H]. The fourth-order valence-electron chi connectivity index (χ4n) is 3.83. The number of para-hydroxylation sites is 1. The molecule has 0 aliphatic rings. The van der Waals surface area contributed by atoms with Crippen LogP contribution in [0.15, 0.2) is 48.7 Å². The molecule has 3 aromatic heterocycles. The van der Waals surface area contributed by atoms with E-state index in [1.807, 2.05) is 0 Å². The first-order valence-electron chi connectivity index (χ1n) is 9.34. The molecule has 0 aliphatic carbocycles. The summed E-state index contributed by atoms with van der Waals surface area (Å²) in [5.41, 5.74) is 3.17. The molecule has 0 amide bonds. The van der Waals surface area contributed by atoms with E-state index >= 15 is 0 Å². The second kappa shape index (κ2) is 4.51. The van der Waals surface area contributed by atoms with Gasteiger partial charge in [-0.15, -0.1) is 0 Å². The van der Waals surface area contributed by atoms with Crippen molar-refractivity contribution >= 4 is 55.8 Å². The summed E-state index contributed by atoms with van der Waals surface area (Å²) in [6.07, 6.45) is 2.16. The molecular weight excluding hydrogens is 353 g/mol. The van der Waals surface area contributed by atoms with Crippen molar-refractivity contribution in [2.75, 3.05) is 0 Å². The first kappa shape index (κ1) is 12.3. The van der Waals surface area contributed by atoms with Crippen LogP contribution in [0.5, 0.6) is 0 Å². The van der Waals surface area contributed by atoms with Gasteiger partial charge in [-0.1, -0.05) is 0 Å². The quantitative estimate of drug-likeness (QED) is 0.227. The molecule has 0 unspecified atom stereocenters. The Hall–Kier alpha value is -2.07. The second-order valence-corrected chi connectivity index (χ2v) is 18.4. The molecule has 5 rings (SSSR count). The molecule has 0 spiro atoms. The number of hydrogen-bond acceptors (Lipinski definition) is 1. The zero-order valence-corrected chi connectivity index (χ0v) is 16.5. The average Bonchev–Trinajstić information content (AvgIpc) is 2.93. The Balaban J connectivity index is 2.19. The molecule has 0 fully saturated rings. The Morgan fingerprint density at radius 2 is 1.88 bits per heavy atom. The number of pyridine rings is 2. The summed E-state index contributed by atoms with van der Waals surface area (Å²) in [6, 6.07) is 11.2. The standard InChI is InChI=1S/C21H20GeN2/c1-13-12-24-20-16(13)6-5-7-17(20)18-11-15(22(2,3)4)10-14-8-9-23-21(24)19(14)18/h5-12H,1-4H3/i8D,9D. The van der Waals surface area contributed by atoms with E-state index in [9.17, 15) is 0 Å². The number of nitrogens with zero attached hydrogens (tertiary/aromatic N) is 2. The van der Waals surface area contributed by atoms with Crippen molar-refractivity contribution in [1.29, 1.82) is 0 Å². The molecule has 0 bridgehead atoms. The molecule has 0 radical (unpaired) electrons. The van der Waals surface area contributed by atoms with Crippen molar-refractivity contribution in [1.82, 2.24) is 9.38 Å². The molecule has 118 valence electrons. The predicted molar refractivity (Wildman–Crippen MR) is 107 cm³/mol. The molecule has 0 atom stereocenters. The summed E-state index contributed by atoms with van der Waals surface area (Å²) in [5.74, 6) is 7.12. The summed E-state index contributed by atoms with van der Waals surface area (Å²) in [7, 11) is 0.